The molecule has 0 spiro atoms. The van der Waals surface area contributed by atoms with Crippen molar-refractivity contribution in [3.63, 3.8) is 0 Å². The predicted molar refractivity (Wildman–Crippen MR) is 141 cm³/mol. The van der Waals surface area contributed by atoms with Gasteiger partial charge in [-0.1, -0.05) is 53.7 Å². The van der Waals surface area contributed by atoms with Gasteiger partial charge in [0.2, 0.25) is 5.91 Å². The van der Waals surface area contributed by atoms with Crippen molar-refractivity contribution in [3.05, 3.63) is 98.4 Å². The Balaban J connectivity index is 1.50. The Hall–Kier alpha value is -3.89. The van der Waals surface area contributed by atoms with Gasteiger partial charge in [0.15, 0.2) is 0 Å². The summed E-state index contributed by atoms with van der Waals surface area (Å²) in [6.07, 6.45) is 1.43. The number of para-hydroxylation sites is 1. The van der Waals surface area contributed by atoms with Crippen molar-refractivity contribution >= 4 is 58.0 Å². The van der Waals surface area contributed by atoms with Crippen molar-refractivity contribution in [2.24, 2.45) is 0 Å². The molecule has 0 aromatic heterocycles. The number of imide groups is 1. The molecule has 1 heterocycles. The van der Waals surface area contributed by atoms with Crippen LogP contribution in [0, 0.1) is 24.0 Å². The number of carbonyl (C=O) groups is 3. The van der Waals surface area contributed by atoms with Crippen molar-refractivity contribution in [2.75, 3.05) is 11.9 Å². The largest absolute Gasteiger partial charge is 0.324 e. The molecule has 1 N–H and O–H groups in total. The smallest absolute Gasteiger partial charge is 0.294 e. The minimum Gasteiger partial charge on any atom is -0.324 e. The lowest BCUT2D eigenvalue weighted by atomic mass is 10.2. The number of hydrogen-bond donors (Lipinski definition) is 1. The van der Waals surface area contributed by atoms with E-state index in [-0.39, 0.29) is 10.6 Å². The lowest BCUT2D eigenvalue weighted by Gasteiger charge is -2.13. The second kappa shape index (κ2) is 10.8. The summed E-state index contributed by atoms with van der Waals surface area (Å²) in [4.78, 5) is 51.2. The molecule has 3 aromatic carbocycles. The summed E-state index contributed by atoms with van der Waals surface area (Å²) < 4.78 is 0. The fourth-order valence-electron chi connectivity index (χ4n) is 3.42. The van der Waals surface area contributed by atoms with E-state index in [0.29, 0.717) is 27.9 Å². The van der Waals surface area contributed by atoms with Crippen LogP contribution in [0.4, 0.5) is 16.2 Å². The average Bonchev–Trinajstić information content (AvgIpc) is 3.10. The Morgan fingerprint density at radius 2 is 1.81 bits per heavy atom. The second-order valence-corrected chi connectivity index (χ2v) is 10.1. The van der Waals surface area contributed by atoms with Gasteiger partial charge in [-0.25, -0.2) is 0 Å². The van der Waals surface area contributed by atoms with Crippen LogP contribution in [0.25, 0.3) is 6.08 Å². The first kappa shape index (κ1) is 25.2. The van der Waals surface area contributed by atoms with Gasteiger partial charge < -0.3 is 5.32 Å². The summed E-state index contributed by atoms with van der Waals surface area (Å²) in [6.45, 7) is 3.37. The minimum atomic E-state index is -0.620. The van der Waals surface area contributed by atoms with Gasteiger partial charge >= 0.3 is 0 Å². The first-order chi connectivity index (χ1) is 17.2. The number of carbonyl (C=O) groups excluding carboxylic acids is 3. The van der Waals surface area contributed by atoms with Crippen molar-refractivity contribution < 1.29 is 19.3 Å². The fourth-order valence-corrected chi connectivity index (χ4v) is 5.16. The monoisotopic (exact) mass is 519 g/mol. The first-order valence-corrected chi connectivity index (χ1v) is 12.5. The average molecular weight is 520 g/mol. The zero-order valence-corrected chi connectivity index (χ0v) is 21.0. The zero-order chi connectivity index (χ0) is 25.8. The number of rotatable bonds is 7. The van der Waals surface area contributed by atoms with E-state index in [1.165, 1.54) is 23.9 Å². The first-order valence-electron chi connectivity index (χ1n) is 10.8. The highest BCUT2D eigenvalue weighted by molar-refractivity contribution is 8.18. The van der Waals surface area contributed by atoms with Gasteiger partial charge in [-0.15, -0.1) is 0 Å². The van der Waals surface area contributed by atoms with Gasteiger partial charge in [0.25, 0.3) is 16.8 Å². The molecule has 8 nitrogen and oxygen atoms in total. The highest BCUT2D eigenvalue weighted by Gasteiger charge is 2.36. The molecule has 1 aliphatic rings. The number of anilines is 1. The Kier molecular flexibility index (Phi) is 7.56. The molecule has 0 bridgehead atoms. The van der Waals surface area contributed by atoms with Crippen molar-refractivity contribution in [3.8, 4) is 0 Å². The van der Waals surface area contributed by atoms with E-state index >= 15 is 0 Å². The summed E-state index contributed by atoms with van der Waals surface area (Å²) in [7, 11) is 0. The third-order valence-corrected chi connectivity index (χ3v) is 7.30. The number of nitrogens with one attached hydrogen (secondary N) is 1. The van der Waals surface area contributed by atoms with Crippen LogP contribution in [0.15, 0.2) is 81.4 Å². The highest BCUT2D eigenvalue weighted by Crippen LogP contribution is 2.37. The van der Waals surface area contributed by atoms with E-state index in [2.05, 4.69) is 5.32 Å². The third-order valence-electron chi connectivity index (χ3n) is 5.32. The van der Waals surface area contributed by atoms with E-state index in [4.69, 9.17) is 0 Å². The molecule has 0 aliphatic carbocycles. The van der Waals surface area contributed by atoms with Crippen LogP contribution in [-0.4, -0.2) is 33.4 Å². The molecule has 1 saturated heterocycles. The Morgan fingerprint density at radius 3 is 2.50 bits per heavy atom. The van der Waals surface area contributed by atoms with E-state index in [1.54, 1.807) is 24.3 Å². The van der Waals surface area contributed by atoms with Crippen molar-refractivity contribution in [1.29, 1.82) is 0 Å². The van der Waals surface area contributed by atoms with Gasteiger partial charge in [-0.2, -0.15) is 0 Å². The Morgan fingerprint density at radius 1 is 1.08 bits per heavy atom. The number of thioether (sulfide) groups is 1. The molecule has 0 radical (unpaired) electrons. The van der Waals surface area contributed by atoms with Gasteiger partial charge in [0.05, 0.1) is 14.7 Å². The van der Waals surface area contributed by atoms with Crippen LogP contribution in [0.3, 0.4) is 0 Å². The minimum absolute atomic E-state index is 0.0944. The van der Waals surface area contributed by atoms with E-state index in [0.717, 1.165) is 20.9 Å². The summed E-state index contributed by atoms with van der Waals surface area (Å²) in [5, 5.41) is 13.8. The van der Waals surface area contributed by atoms with E-state index < -0.39 is 28.5 Å². The zero-order valence-electron chi connectivity index (χ0n) is 19.4. The normalized spacial score (nSPS) is 14.4. The molecular weight excluding hydrogens is 498 g/mol. The maximum atomic E-state index is 12.8. The van der Waals surface area contributed by atoms with Crippen LogP contribution in [0.1, 0.15) is 16.7 Å². The SMILES string of the molecule is Cc1ccc(Sc2ccc(C=C3SC(=O)N(CC(=O)Nc4ccccc4C)C3=O)cc2[N+](=O)[O-])cc1. The van der Waals surface area contributed by atoms with E-state index in [9.17, 15) is 24.5 Å². The lowest BCUT2D eigenvalue weighted by molar-refractivity contribution is -0.387. The summed E-state index contributed by atoms with van der Waals surface area (Å²) in [5.41, 5.74) is 2.84. The van der Waals surface area contributed by atoms with Gasteiger partial charge in [0, 0.05) is 16.6 Å². The van der Waals surface area contributed by atoms with Crippen LogP contribution < -0.4 is 5.32 Å². The maximum Gasteiger partial charge on any atom is 0.294 e. The summed E-state index contributed by atoms with van der Waals surface area (Å²) in [5.74, 6) is -1.12. The molecule has 0 unspecified atom stereocenters. The quantitative estimate of drug-likeness (QED) is 0.230. The van der Waals surface area contributed by atoms with Crippen LogP contribution in [-0.2, 0) is 9.59 Å². The molecule has 10 heteroatoms. The van der Waals surface area contributed by atoms with Crippen LogP contribution in [0.5, 0.6) is 0 Å². The highest BCUT2D eigenvalue weighted by atomic mass is 32.2. The molecule has 36 heavy (non-hydrogen) atoms. The van der Waals surface area contributed by atoms with Gasteiger partial charge in [0.1, 0.15) is 6.54 Å². The molecule has 1 aliphatic heterocycles. The van der Waals surface area contributed by atoms with Gasteiger partial charge in [-0.05, 0) is 67.1 Å². The second-order valence-electron chi connectivity index (χ2n) is 8.03. The molecule has 4 rings (SSSR count). The number of aryl methyl sites for hydroxylation is 2. The Labute approximate surface area is 215 Å². The van der Waals surface area contributed by atoms with Crippen molar-refractivity contribution in [1.82, 2.24) is 4.90 Å². The molecular formula is C26H21N3O5S2. The number of hydrogen-bond acceptors (Lipinski definition) is 7. The molecule has 1 fully saturated rings. The van der Waals surface area contributed by atoms with Crippen molar-refractivity contribution in [2.45, 2.75) is 23.6 Å². The molecule has 0 atom stereocenters. The number of benzene rings is 3. The molecule has 3 aromatic rings. The predicted octanol–water partition coefficient (Wildman–Crippen LogP) is 6.04. The molecule has 3 amide bonds. The maximum absolute atomic E-state index is 12.8. The Bertz CT molecular complexity index is 1400. The standard InChI is InChI=1S/C26H21N3O5S2/c1-16-7-10-19(11-8-16)35-22-12-9-18(13-21(22)29(33)34)14-23-25(31)28(26(32)36-23)15-24(30)27-20-6-4-3-5-17(20)2/h3-14H,15H2,1-2H3,(H,27,30). The topological polar surface area (TPSA) is 110 Å². The number of nitro benzene ring substituents is 1. The van der Waals surface area contributed by atoms with Gasteiger partial charge in [-0.3, -0.25) is 29.4 Å². The summed E-state index contributed by atoms with van der Waals surface area (Å²) in [6, 6.07) is 19.5. The molecule has 182 valence electrons. The summed E-state index contributed by atoms with van der Waals surface area (Å²) >= 11 is 1.97. The van der Waals surface area contributed by atoms with Crippen LogP contribution in [0.2, 0.25) is 0 Å². The number of nitro groups is 1. The third kappa shape index (κ3) is 5.84. The van der Waals surface area contributed by atoms with Crippen LogP contribution >= 0.6 is 23.5 Å². The lowest BCUT2D eigenvalue weighted by Crippen LogP contribution is -2.36. The number of amides is 3. The van der Waals surface area contributed by atoms with E-state index in [1.807, 2.05) is 50.2 Å². The number of nitrogens with zero attached hydrogens (tertiary/aromatic N) is 2. The molecule has 0 saturated carbocycles. The fraction of sp³-hybridized carbons (Fsp3) is 0.115.